The van der Waals surface area contributed by atoms with Gasteiger partial charge >= 0.3 is 6.18 Å². The maximum absolute atomic E-state index is 13.1. The number of nitrogens with zero attached hydrogens (tertiary/aromatic N) is 1. The van der Waals surface area contributed by atoms with Gasteiger partial charge in [0.2, 0.25) is 5.91 Å². The number of H-pyrrole nitrogens is 1. The van der Waals surface area contributed by atoms with Gasteiger partial charge in [0.25, 0.3) is 5.91 Å². The van der Waals surface area contributed by atoms with Gasteiger partial charge in [0.05, 0.1) is 18.2 Å². The van der Waals surface area contributed by atoms with Gasteiger partial charge in [-0.25, -0.2) is 0 Å². The second kappa shape index (κ2) is 9.03. The summed E-state index contributed by atoms with van der Waals surface area (Å²) in [6.07, 6.45) is -1.99. The van der Waals surface area contributed by atoms with Crippen LogP contribution in [0.25, 0.3) is 0 Å². The number of alkyl halides is 3. The lowest BCUT2D eigenvalue weighted by Gasteiger charge is -2.12. The zero-order valence-corrected chi connectivity index (χ0v) is 16.7. The Morgan fingerprint density at radius 2 is 1.87 bits per heavy atom. The van der Waals surface area contributed by atoms with E-state index in [1.165, 1.54) is 19.1 Å². The van der Waals surface area contributed by atoms with Gasteiger partial charge < -0.3 is 11.1 Å². The number of nitrogens with two attached hydrogens (primary N) is 1. The van der Waals surface area contributed by atoms with Crippen LogP contribution in [0.3, 0.4) is 0 Å². The average Bonchev–Trinajstić information content (AvgIpc) is 3.16. The van der Waals surface area contributed by atoms with Crippen molar-refractivity contribution in [3.63, 3.8) is 0 Å². The lowest BCUT2D eigenvalue weighted by molar-refractivity contribution is -0.138. The lowest BCUT2D eigenvalue weighted by Crippen LogP contribution is -2.16. The Kier molecular flexibility index (Phi) is 6.43. The molecule has 4 N–H and O–H groups in total. The molecule has 0 aliphatic carbocycles. The number of anilines is 1. The molecule has 1 aromatic heterocycles. The van der Waals surface area contributed by atoms with Crippen molar-refractivity contribution in [2.24, 2.45) is 5.73 Å². The number of aryl methyl sites for hydroxylation is 3. The van der Waals surface area contributed by atoms with E-state index < -0.39 is 23.6 Å². The Morgan fingerprint density at radius 1 is 1.10 bits per heavy atom. The Labute approximate surface area is 176 Å². The number of hydrogen-bond donors (Lipinski definition) is 3. The monoisotopic (exact) mass is 430 g/mol. The third-order valence-electron chi connectivity index (χ3n) is 4.83. The van der Waals surface area contributed by atoms with E-state index in [1.807, 2.05) is 6.07 Å². The van der Waals surface area contributed by atoms with E-state index in [1.54, 1.807) is 24.4 Å². The molecule has 2 aromatic carbocycles. The Balaban J connectivity index is 1.64. The molecule has 6 nitrogen and oxygen atoms in total. The highest BCUT2D eigenvalue weighted by Gasteiger charge is 2.32. The van der Waals surface area contributed by atoms with E-state index in [0.717, 1.165) is 11.6 Å². The minimum Gasteiger partial charge on any atom is -0.364 e. The Hall–Kier alpha value is -3.62. The summed E-state index contributed by atoms with van der Waals surface area (Å²) in [6, 6.07) is 11.0. The van der Waals surface area contributed by atoms with Crippen molar-refractivity contribution in [1.82, 2.24) is 10.2 Å². The summed E-state index contributed by atoms with van der Waals surface area (Å²) >= 11 is 0. The van der Waals surface area contributed by atoms with E-state index in [9.17, 15) is 22.8 Å². The van der Waals surface area contributed by atoms with Crippen LogP contribution in [0, 0.1) is 6.92 Å². The molecule has 0 saturated carbocycles. The first-order chi connectivity index (χ1) is 14.6. The van der Waals surface area contributed by atoms with Crippen LogP contribution < -0.4 is 11.1 Å². The molecule has 31 heavy (non-hydrogen) atoms. The third kappa shape index (κ3) is 5.71. The molecule has 2 amide bonds. The van der Waals surface area contributed by atoms with Gasteiger partial charge in [-0.05, 0) is 54.7 Å². The third-order valence-corrected chi connectivity index (χ3v) is 4.83. The first kappa shape index (κ1) is 22.1. The van der Waals surface area contributed by atoms with Crippen LogP contribution in [0.4, 0.5) is 18.9 Å². The van der Waals surface area contributed by atoms with Gasteiger partial charge in [0, 0.05) is 11.3 Å². The first-order valence-corrected chi connectivity index (χ1v) is 9.51. The fourth-order valence-corrected chi connectivity index (χ4v) is 3.27. The maximum Gasteiger partial charge on any atom is 0.416 e. The second-order valence-electron chi connectivity index (χ2n) is 7.21. The first-order valence-electron chi connectivity index (χ1n) is 9.51. The highest BCUT2D eigenvalue weighted by Crippen LogP contribution is 2.32. The molecule has 1 heterocycles. The van der Waals surface area contributed by atoms with Gasteiger partial charge in [-0.3, -0.25) is 14.7 Å². The zero-order valence-electron chi connectivity index (χ0n) is 16.7. The van der Waals surface area contributed by atoms with E-state index in [-0.39, 0.29) is 23.2 Å². The molecule has 0 atom stereocenters. The van der Waals surface area contributed by atoms with E-state index >= 15 is 0 Å². The Morgan fingerprint density at radius 3 is 2.58 bits per heavy atom. The number of aromatic nitrogens is 2. The van der Waals surface area contributed by atoms with Crippen molar-refractivity contribution >= 4 is 17.5 Å². The van der Waals surface area contributed by atoms with Crippen molar-refractivity contribution in [3.05, 3.63) is 82.2 Å². The smallest absolute Gasteiger partial charge is 0.364 e. The second-order valence-corrected chi connectivity index (χ2v) is 7.21. The van der Waals surface area contributed by atoms with Gasteiger partial charge in [0.15, 0.2) is 0 Å². The maximum atomic E-state index is 13.1. The molecule has 0 aliphatic rings. The van der Waals surface area contributed by atoms with Crippen molar-refractivity contribution < 1.29 is 22.8 Å². The molecule has 0 fully saturated rings. The van der Waals surface area contributed by atoms with Crippen LogP contribution in [0.15, 0.2) is 48.7 Å². The Bertz CT molecular complexity index is 1110. The van der Waals surface area contributed by atoms with Gasteiger partial charge in [-0.2, -0.15) is 18.3 Å². The van der Waals surface area contributed by atoms with Crippen LogP contribution in [-0.4, -0.2) is 22.0 Å². The van der Waals surface area contributed by atoms with Crippen LogP contribution in [0.2, 0.25) is 0 Å². The lowest BCUT2D eigenvalue weighted by atomic mass is 10.0. The predicted octanol–water partition coefficient (Wildman–Crippen LogP) is 3.80. The molecule has 9 heteroatoms. The van der Waals surface area contributed by atoms with Crippen LogP contribution in [0.5, 0.6) is 0 Å². The number of carbonyl (C=O) groups excluding carboxylic acids is 2. The average molecular weight is 430 g/mol. The summed E-state index contributed by atoms with van der Waals surface area (Å²) in [7, 11) is 0. The number of aromatic amines is 1. The predicted molar refractivity (Wildman–Crippen MR) is 109 cm³/mol. The minimum absolute atomic E-state index is 0.112. The standard InChI is InChI=1S/C22H21F3N4O2/c1-13-5-6-15(10-18(13)22(23,24)25)11-19(30)28-17-4-2-3-14(9-17)7-8-16-12-27-29-20(16)21(26)31/h2-6,9-10,12H,7-8,11H2,1H3,(H2,26,31)(H,27,29)(H,28,30). The molecular weight excluding hydrogens is 409 g/mol. The van der Waals surface area contributed by atoms with Crippen LogP contribution in [-0.2, 0) is 30.2 Å². The summed E-state index contributed by atoms with van der Waals surface area (Å²) in [5.41, 5.74) is 7.35. The molecule has 0 radical (unpaired) electrons. The van der Waals surface area contributed by atoms with Crippen LogP contribution >= 0.6 is 0 Å². The normalized spacial score (nSPS) is 11.4. The van der Waals surface area contributed by atoms with Crippen molar-refractivity contribution in [3.8, 4) is 0 Å². The van der Waals surface area contributed by atoms with Gasteiger partial charge in [0.1, 0.15) is 5.69 Å². The number of primary amides is 1. The largest absolute Gasteiger partial charge is 0.416 e. The van der Waals surface area contributed by atoms with Gasteiger partial charge in [-0.1, -0.05) is 24.3 Å². The minimum atomic E-state index is -4.46. The van der Waals surface area contributed by atoms with Crippen molar-refractivity contribution in [1.29, 1.82) is 0 Å². The van der Waals surface area contributed by atoms with E-state index in [4.69, 9.17) is 5.73 Å². The molecule has 0 saturated heterocycles. The number of nitrogens with one attached hydrogen (secondary N) is 2. The zero-order chi connectivity index (χ0) is 22.6. The number of benzene rings is 2. The van der Waals surface area contributed by atoms with Crippen molar-refractivity contribution in [2.45, 2.75) is 32.4 Å². The summed E-state index contributed by atoms with van der Waals surface area (Å²) in [6.45, 7) is 1.38. The molecule has 0 spiro atoms. The molecule has 3 aromatic rings. The summed E-state index contributed by atoms with van der Waals surface area (Å²) in [5, 5.41) is 9.11. The molecule has 0 bridgehead atoms. The van der Waals surface area contributed by atoms with E-state index in [2.05, 4.69) is 15.5 Å². The number of rotatable bonds is 7. The summed E-state index contributed by atoms with van der Waals surface area (Å²) in [4.78, 5) is 23.7. The number of carbonyl (C=O) groups is 2. The molecule has 0 unspecified atom stereocenters. The van der Waals surface area contributed by atoms with Gasteiger partial charge in [-0.15, -0.1) is 0 Å². The quantitative estimate of drug-likeness (QED) is 0.531. The SMILES string of the molecule is Cc1ccc(CC(=O)Nc2cccc(CCc3cn[nH]c3C(N)=O)c2)cc1C(F)(F)F. The molecular formula is C22H21F3N4O2. The van der Waals surface area contributed by atoms with E-state index in [0.29, 0.717) is 24.1 Å². The summed E-state index contributed by atoms with van der Waals surface area (Å²) in [5.74, 6) is -1.00. The number of halogens is 3. The highest BCUT2D eigenvalue weighted by molar-refractivity contribution is 5.92. The topological polar surface area (TPSA) is 101 Å². The van der Waals surface area contributed by atoms with Crippen LogP contribution in [0.1, 0.15) is 38.3 Å². The fraction of sp³-hybridized carbons (Fsp3) is 0.227. The number of amides is 2. The number of hydrogen-bond acceptors (Lipinski definition) is 3. The summed E-state index contributed by atoms with van der Waals surface area (Å²) < 4.78 is 39.2. The molecule has 3 rings (SSSR count). The highest BCUT2D eigenvalue weighted by atomic mass is 19.4. The molecule has 162 valence electrons. The molecule has 0 aliphatic heterocycles. The fourth-order valence-electron chi connectivity index (χ4n) is 3.27. The van der Waals surface area contributed by atoms with Crippen molar-refractivity contribution in [2.75, 3.05) is 5.32 Å².